The van der Waals surface area contributed by atoms with Crippen molar-refractivity contribution in [2.24, 2.45) is 0 Å². The third kappa shape index (κ3) is 5.40. The topological polar surface area (TPSA) is 52.4 Å². The number of nitro benzene ring substituents is 1. The summed E-state index contributed by atoms with van der Waals surface area (Å²) in [7, 11) is 0. The Bertz CT molecular complexity index is 340. The summed E-state index contributed by atoms with van der Waals surface area (Å²) in [6.45, 7) is 0.164. The smallest absolute Gasteiger partial charge is 0.258 e. The molecule has 0 saturated heterocycles. The summed E-state index contributed by atoms with van der Waals surface area (Å²) in [5, 5.41) is 10.4. The van der Waals surface area contributed by atoms with Crippen LogP contribution in [0.3, 0.4) is 0 Å². The van der Waals surface area contributed by atoms with E-state index in [1.165, 1.54) is 12.1 Å². The van der Waals surface area contributed by atoms with Gasteiger partial charge in [-0.05, 0) is 29.4 Å². The Hall–Kier alpha value is -1.49. The Morgan fingerprint density at radius 2 is 1.76 bits per heavy atom. The molecule has 0 unspecified atom stereocenters. The largest absolute Gasteiger partial charge is 0.269 e. The fourth-order valence-electron chi connectivity index (χ4n) is 1.62. The van der Waals surface area contributed by atoms with Crippen molar-refractivity contribution in [2.45, 2.75) is 32.1 Å². The zero-order valence-electron chi connectivity index (χ0n) is 9.60. The van der Waals surface area contributed by atoms with Gasteiger partial charge in [0.1, 0.15) is 0 Å². The minimum absolute atomic E-state index is 0.119. The highest BCUT2D eigenvalue weighted by Gasteiger charge is 2.03. The zero-order valence-corrected chi connectivity index (χ0v) is 9.60. The monoisotopic (exact) mass is 241 g/mol. The van der Waals surface area contributed by atoms with Crippen LogP contribution in [0.1, 0.15) is 31.2 Å². The molecule has 0 aliphatic rings. The summed E-state index contributed by atoms with van der Waals surface area (Å²) in [5.41, 5.74) is 1.21. The van der Waals surface area contributed by atoms with Crippen molar-refractivity contribution in [3.63, 3.8) is 0 Å². The first-order valence-corrected chi connectivity index (χ1v) is 5.71. The number of hydrogen-bond acceptors (Lipinski definition) is 3. The van der Waals surface area contributed by atoms with Gasteiger partial charge in [0.25, 0.3) is 5.69 Å². The van der Waals surface area contributed by atoms with Gasteiger partial charge in [0, 0.05) is 12.1 Å². The fraction of sp³-hybridized carbons (Fsp3) is 0.500. The molecule has 0 aliphatic carbocycles. The van der Waals surface area contributed by atoms with Crippen LogP contribution >= 0.6 is 0 Å². The van der Waals surface area contributed by atoms with Gasteiger partial charge in [0.05, 0.1) is 11.5 Å². The van der Waals surface area contributed by atoms with Gasteiger partial charge in [-0.1, -0.05) is 25.0 Å². The molecule has 0 atom stereocenters. The van der Waals surface area contributed by atoms with Crippen molar-refractivity contribution in [1.82, 2.24) is 0 Å². The summed E-state index contributed by atoms with van der Waals surface area (Å²) >= 11 is 0. The third-order valence-electron chi connectivity index (χ3n) is 2.58. The molecule has 0 radical (unpaired) electrons. The molecule has 0 fully saturated rings. The Labute approximate surface area is 99.5 Å². The SMILES string of the molecule is O=[N+]([O-])c1ccc(CCCCCCOF)cc1. The molecule has 0 aliphatic heterocycles. The second-order valence-electron chi connectivity index (χ2n) is 3.90. The summed E-state index contributed by atoms with van der Waals surface area (Å²) in [4.78, 5) is 13.5. The highest BCUT2D eigenvalue weighted by Crippen LogP contribution is 2.14. The maximum Gasteiger partial charge on any atom is 0.269 e. The highest BCUT2D eigenvalue weighted by atomic mass is 19.3. The molecular weight excluding hydrogens is 225 g/mol. The van der Waals surface area contributed by atoms with Gasteiger partial charge in [-0.15, -0.1) is 0 Å². The van der Waals surface area contributed by atoms with Crippen molar-refractivity contribution in [3.8, 4) is 0 Å². The minimum atomic E-state index is -0.402. The predicted molar refractivity (Wildman–Crippen MR) is 62.3 cm³/mol. The van der Waals surface area contributed by atoms with Crippen LogP contribution in [0.25, 0.3) is 0 Å². The van der Waals surface area contributed by atoms with E-state index in [1.807, 2.05) is 0 Å². The summed E-state index contributed by atoms with van der Waals surface area (Å²) in [6.07, 6.45) is 4.59. The van der Waals surface area contributed by atoms with Crippen LogP contribution in [-0.4, -0.2) is 11.5 Å². The third-order valence-corrected chi connectivity index (χ3v) is 2.58. The Morgan fingerprint density at radius 3 is 2.35 bits per heavy atom. The van der Waals surface area contributed by atoms with E-state index in [4.69, 9.17) is 0 Å². The number of aryl methyl sites for hydroxylation is 1. The van der Waals surface area contributed by atoms with Crippen LogP contribution in [-0.2, 0) is 11.4 Å². The molecule has 0 heterocycles. The summed E-state index contributed by atoms with van der Waals surface area (Å²) < 4.78 is 11.3. The number of rotatable bonds is 8. The zero-order chi connectivity index (χ0) is 12.5. The first-order chi connectivity index (χ1) is 8.24. The standard InChI is InChI=1S/C12H16FNO3/c13-17-10-4-2-1-3-5-11-6-8-12(9-7-11)14(15)16/h6-9H,1-5,10H2. The molecule has 5 heteroatoms. The molecular formula is C12H16FNO3. The van der Waals surface area contributed by atoms with Crippen LogP contribution in [0, 0.1) is 10.1 Å². The molecule has 0 amide bonds. The summed E-state index contributed by atoms with van der Waals surface area (Å²) in [5.74, 6) is 0. The number of nitrogens with zero attached hydrogens (tertiary/aromatic N) is 1. The molecule has 4 nitrogen and oxygen atoms in total. The minimum Gasteiger partial charge on any atom is -0.258 e. The maximum absolute atomic E-state index is 11.3. The van der Waals surface area contributed by atoms with Crippen molar-refractivity contribution >= 4 is 5.69 Å². The van der Waals surface area contributed by atoms with Crippen LogP contribution in [0.15, 0.2) is 24.3 Å². The van der Waals surface area contributed by atoms with Crippen molar-refractivity contribution < 1.29 is 14.4 Å². The molecule has 0 N–H and O–H groups in total. The van der Waals surface area contributed by atoms with Gasteiger partial charge in [-0.2, -0.15) is 4.94 Å². The van der Waals surface area contributed by atoms with E-state index in [2.05, 4.69) is 4.94 Å². The quantitative estimate of drug-likeness (QED) is 0.397. The maximum atomic E-state index is 11.3. The van der Waals surface area contributed by atoms with Gasteiger partial charge in [-0.25, -0.2) is 0 Å². The van der Waals surface area contributed by atoms with E-state index in [0.717, 1.165) is 37.7 Å². The van der Waals surface area contributed by atoms with Gasteiger partial charge in [0.2, 0.25) is 0 Å². The van der Waals surface area contributed by atoms with E-state index in [9.17, 15) is 14.6 Å². The predicted octanol–water partition coefficient (Wildman–Crippen LogP) is 3.60. The average molecular weight is 241 g/mol. The van der Waals surface area contributed by atoms with Crippen LogP contribution in [0.4, 0.5) is 10.2 Å². The Morgan fingerprint density at radius 1 is 1.12 bits per heavy atom. The fourth-order valence-corrected chi connectivity index (χ4v) is 1.62. The second kappa shape index (κ2) is 7.73. The molecule has 0 aromatic heterocycles. The molecule has 17 heavy (non-hydrogen) atoms. The van der Waals surface area contributed by atoms with Crippen molar-refractivity contribution in [1.29, 1.82) is 0 Å². The highest BCUT2D eigenvalue weighted by molar-refractivity contribution is 5.32. The van der Waals surface area contributed by atoms with Gasteiger partial charge in [-0.3, -0.25) is 10.1 Å². The molecule has 1 rings (SSSR count). The average Bonchev–Trinajstić information content (AvgIpc) is 2.34. The molecule has 1 aromatic carbocycles. The number of hydrogen-bond donors (Lipinski definition) is 0. The molecule has 94 valence electrons. The van der Waals surface area contributed by atoms with Crippen LogP contribution in [0.5, 0.6) is 0 Å². The number of unbranched alkanes of at least 4 members (excludes halogenated alkanes) is 3. The molecule has 0 bridgehead atoms. The van der Waals surface area contributed by atoms with E-state index in [0.29, 0.717) is 0 Å². The lowest BCUT2D eigenvalue weighted by molar-refractivity contribution is -0.384. The number of benzene rings is 1. The lowest BCUT2D eigenvalue weighted by Gasteiger charge is -2.01. The number of halogens is 1. The Balaban J connectivity index is 2.21. The van der Waals surface area contributed by atoms with Crippen molar-refractivity contribution in [2.75, 3.05) is 6.61 Å². The normalized spacial score (nSPS) is 10.4. The first kappa shape index (κ1) is 13.6. The number of non-ortho nitro benzene ring substituents is 1. The van der Waals surface area contributed by atoms with E-state index < -0.39 is 4.92 Å². The van der Waals surface area contributed by atoms with Gasteiger partial charge < -0.3 is 0 Å². The first-order valence-electron chi connectivity index (χ1n) is 5.71. The Kier molecular flexibility index (Phi) is 6.17. The van der Waals surface area contributed by atoms with Crippen molar-refractivity contribution in [3.05, 3.63) is 39.9 Å². The lowest BCUT2D eigenvalue weighted by Crippen LogP contribution is -1.90. The van der Waals surface area contributed by atoms with E-state index >= 15 is 0 Å². The van der Waals surface area contributed by atoms with Gasteiger partial charge >= 0.3 is 0 Å². The second-order valence-corrected chi connectivity index (χ2v) is 3.90. The molecule has 0 spiro atoms. The van der Waals surface area contributed by atoms with E-state index in [1.54, 1.807) is 12.1 Å². The molecule has 0 saturated carbocycles. The van der Waals surface area contributed by atoms with E-state index in [-0.39, 0.29) is 12.3 Å². The van der Waals surface area contributed by atoms with Crippen LogP contribution in [0.2, 0.25) is 0 Å². The van der Waals surface area contributed by atoms with Gasteiger partial charge in [0.15, 0.2) is 0 Å². The molecule has 1 aromatic rings. The summed E-state index contributed by atoms with van der Waals surface area (Å²) in [6, 6.07) is 6.60. The lowest BCUT2D eigenvalue weighted by atomic mass is 10.1. The number of nitro groups is 1. The van der Waals surface area contributed by atoms with Crippen LogP contribution < -0.4 is 0 Å².